The van der Waals surface area contributed by atoms with Gasteiger partial charge in [0, 0.05) is 28.2 Å². The van der Waals surface area contributed by atoms with Crippen LogP contribution in [-0.4, -0.2) is 29.1 Å². The van der Waals surface area contributed by atoms with Gasteiger partial charge in [-0.3, -0.25) is 4.79 Å². The molecule has 18 heavy (non-hydrogen) atoms. The molecule has 5 heteroatoms. The van der Waals surface area contributed by atoms with Crippen molar-refractivity contribution in [2.24, 2.45) is 0 Å². The van der Waals surface area contributed by atoms with Crippen LogP contribution in [0.15, 0.2) is 23.1 Å². The first-order valence-electron chi connectivity index (χ1n) is 6.09. The van der Waals surface area contributed by atoms with E-state index in [1.165, 1.54) is 11.8 Å². The van der Waals surface area contributed by atoms with Crippen molar-refractivity contribution in [1.82, 2.24) is 4.90 Å². The standard InChI is InChI=1S/C13H17ClN2OS/c1-2-16(10-4-5-10)13(17)8-18-12-6-3-9(14)7-11(12)15/h3,6-7,10H,2,4-5,8,15H2,1H3. The van der Waals surface area contributed by atoms with Crippen molar-refractivity contribution in [3.05, 3.63) is 23.2 Å². The average Bonchev–Trinajstić information content (AvgIpc) is 3.13. The molecular weight excluding hydrogens is 268 g/mol. The zero-order valence-electron chi connectivity index (χ0n) is 10.4. The zero-order chi connectivity index (χ0) is 13.1. The summed E-state index contributed by atoms with van der Waals surface area (Å²) in [7, 11) is 0. The highest BCUT2D eigenvalue weighted by molar-refractivity contribution is 8.00. The van der Waals surface area contributed by atoms with Crippen molar-refractivity contribution in [1.29, 1.82) is 0 Å². The molecule has 0 bridgehead atoms. The minimum Gasteiger partial charge on any atom is -0.398 e. The third-order valence-electron chi connectivity index (χ3n) is 2.97. The number of benzene rings is 1. The maximum absolute atomic E-state index is 12.0. The van der Waals surface area contributed by atoms with Crippen LogP contribution >= 0.6 is 23.4 Å². The molecule has 1 aromatic rings. The largest absolute Gasteiger partial charge is 0.398 e. The van der Waals surface area contributed by atoms with Crippen LogP contribution in [0.2, 0.25) is 5.02 Å². The minimum absolute atomic E-state index is 0.194. The van der Waals surface area contributed by atoms with Gasteiger partial charge in [-0.2, -0.15) is 0 Å². The Morgan fingerprint density at radius 2 is 2.28 bits per heavy atom. The van der Waals surface area contributed by atoms with E-state index >= 15 is 0 Å². The van der Waals surface area contributed by atoms with Gasteiger partial charge in [0.1, 0.15) is 0 Å². The number of carbonyl (C=O) groups excluding carboxylic acids is 1. The molecule has 0 aromatic heterocycles. The molecule has 0 saturated heterocycles. The summed E-state index contributed by atoms with van der Waals surface area (Å²) in [5, 5.41) is 0.622. The summed E-state index contributed by atoms with van der Waals surface area (Å²) in [4.78, 5) is 14.9. The molecule has 1 aromatic carbocycles. The molecule has 1 aliphatic carbocycles. The van der Waals surface area contributed by atoms with Gasteiger partial charge in [-0.05, 0) is 38.0 Å². The maximum Gasteiger partial charge on any atom is 0.233 e. The summed E-state index contributed by atoms with van der Waals surface area (Å²) in [6, 6.07) is 5.85. The summed E-state index contributed by atoms with van der Waals surface area (Å²) in [5.41, 5.74) is 6.49. The van der Waals surface area contributed by atoms with E-state index in [0.29, 0.717) is 22.5 Å². The van der Waals surface area contributed by atoms with Crippen molar-refractivity contribution in [2.75, 3.05) is 18.0 Å². The fourth-order valence-corrected chi connectivity index (χ4v) is 2.91. The summed E-state index contributed by atoms with van der Waals surface area (Å²) in [5.74, 6) is 0.634. The molecule has 2 rings (SSSR count). The summed E-state index contributed by atoms with van der Waals surface area (Å²) in [6.45, 7) is 2.82. The zero-order valence-corrected chi connectivity index (χ0v) is 11.9. The fourth-order valence-electron chi connectivity index (χ4n) is 1.90. The summed E-state index contributed by atoms with van der Waals surface area (Å²) < 4.78 is 0. The number of halogens is 1. The van der Waals surface area contributed by atoms with Crippen molar-refractivity contribution < 1.29 is 4.79 Å². The quantitative estimate of drug-likeness (QED) is 0.668. The van der Waals surface area contributed by atoms with E-state index in [1.807, 2.05) is 17.9 Å². The normalized spacial score (nSPS) is 14.6. The van der Waals surface area contributed by atoms with Crippen LogP contribution in [0.5, 0.6) is 0 Å². The van der Waals surface area contributed by atoms with Gasteiger partial charge in [-0.15, -0.1) is 11.8 Å². The molecule has 1 amide bonds. The molecule has 3 nitrogen and oxygen atoms in total. The Kier molecular flexibility index (Phi) is 4.40. The second kappa shape index (κ2) is 5.85. The van der Waals surface area contributed by atoms with E-state index in [4.69, 9.17) is 17.3 Å². The molecule has 0 unspecified atom stereocenters. The number of rotatable bonds is 5. The Labute approximate surface area is 117 Å². The molecule has 0 radical (unpaired) electrons. The molecule has 0 spiro atoms. The van der Waals surface area contributed by atoms with Crippen LogP contribution in [0.4, 0.5) is 5.69 Å². The van der Waals surface area contributed by atoms with Gasteiger partial charge in [0.2, 0.25) is 5.91 Å². The van der Waals surface area contributed by atoms with Gasteiger partial charge >= 0.3 is 0 Å². The second-order valence-corrected chi connectivity index (χ2v) is 5.84. The van der Waals surface area contributed by atoms with Crippen LogP contribution in [0.1, 0.15) is 19.8 Å². The SMILES string of the molecule is CCN(C(=O)CSc1ccc(Cl)cc1N)C1CC1. The van der Waals surface area contributed by atoms with Crippen molar-refractivity contribution in [2.45, 2.75) is 30.7 Å². The van der Waals surface area contributed by atoms with Crippen LogP contribution < -0.4 is 5.73 Å². The Hall–Kier alpha value is -0.870. The highest BCUT2D eigenvalue weighted by Gasteiger charge is 2.31. The highest BCUT2D eigenvalue weighted by atomic mass is 35.5. The molecular formula is C13H17ClN2OS. The Morgan fingerprint density at radius 1 is 1.56 bits per heavy atom. The summed E-state index contributed by atoms with van der Waals surface area (Å²) in [6.07, 6.45) is 2.29. The van der Waals surface area contributed by atoms with Gasteiger partial charge in [-0.1, -0.05) is 11.6 Å². The van der Waals surface area contributed by atoms with Crippen LogP contribution in [0.3, 0.4) is 0 Å². The third-order valence-corrected chi connectivity index (χ3v) is 4.28. The lowest BCUT2D eigenvalue weighted by molar-refractivity contribution is -0.128. The van der Waals surface area contributed by atoms with Crippen molar-refractivity contribution in [3.63, 3.8) is 0 Å². The molecule has 1 saturated carbocycles. The number of nitrogen functional groups attached to an aromatic ring is 1. The Bertz CT molecular complexity index is 449. The molecule has 98 valence electrons. The lowest BCUT2D eigenvalue weighted by Gasteiger charge is -2.20. The molecule has 1 fully saturated rings. The number of anilines is 1. The number of hydrogen-bond donors (Lipinski definition) is 1. The molecule has 0 aliphatic heterocycles. The van der Waals surface area contributed by atoms with Gasteiger partial charge in [-0.25, -0.2) is 0 Å². The van der Waals surface area contributed by atoms with E-state index in [9.17, 15) is 4.79 Å². The first-order chi connectivity index (χ1) is 8.61. The van der Waals surface area contributed by atoms with E-state index < -0.39 is 0 Å². The maximum atomic E-state index is 12.0. The van der Waals surface area contributed by atoms with Gasteiger partial charge in [0.25, 0.3) is 0 Å². The lowest BCUT2D eigenvalue weighted by Crippen LogP contribution is -2.34. The smallest absolute Gasteiger partial charge is 0.233 e. The topological polar surface area (TPSA) is 46.3 Å². The van der Waals surface area contributed by atoms with Gasteiger partial charge in [0.15, 0.2) is 0 Å². The van der Waals surface area contributed by atoms with Crippen LogP contribution in [-0.2, 0) is 4.79 Å². The second-order valence-electron chi connectivity index (χ2n) is 4.38. The van der Waals surface area contributed by atoms with Crippen LogP contribution in [0.25, 0.3) is 0 Å². The first-order valence-corrected chi connectivity index (χ1v) is 7.45. The molecule has 1 aliphatic rings. The van der Waals surface area contributed by atoms with E-state index in [-0.39, 0.29) is 5.91 Å². The Morgan fingerprint density at radius 3 is 2.83 bits per heavy atom. The monoisotopic (exact) mass is 284 g/mol. The average molecular weight is 285 g/mol. The van der Waals surface area contributed by atoms with E-state index in [0.717, 1.165) is 24.3 Å². The third kappa shape index (κ3) is 3.33. The first kappa shape index (κ1) is 13.6. The number of carbonyl (C=O) groups is 1. The van der Waals surface area contributed by atoms with Crippen molar-refractivity contribution in [3.8, 4) is 0 Å². The summed E-state index contributed by atoms with van der Waals surface area (Å²) >= 11 is 7.32. The molecule has 0 heterocycles. The van der Waals surface area contributed by atoms with E-state index in [2.05, 4.69) is 0 Å². The number of amides is 1. The molecule has 0 atom stereocenters. The lowest BCUT2D eigenvalue weighted by atomic mass is 10.3. The fraction of sp³-hybridized carbons (Fsp3) is 0.462. The van der Waals surface area contributed by atoms with Crippen molar-refractivity contribution >= 4 is 35.0 Å². The number of nitrogens with two attached hydrogens (primary N) is 1. The number of thioether (sulfide) groups is 1. The van der Waals surface area contributed by atoms with Crippen LogP contribution in [0, 0.1) is 0 Å². The number of nitrogens with zero attached hydrogens (tertiary/aromatic N) is 1. The van der Waals surface area contributed by atoms with Gasteiger partial charge in [0.05, 0.1) is 5.75 Å². The minimum atomic E-state index is 0.194. The predicted molar refractivity (Wildman–Crippen MR) is 77.0 cm³/mol. The van der Waals surface area contributed by atoms with E-state index in [1.54, 1.807) is 12.1 Å². The Balaban J connectivity index is 1.92. The highest BCUT2D eigenvalue weighted by Crippen LogP contribution is 2.30. The molecule has 2 N–H and O–H groups in total. The number of hydrogen-bond acceptors (Lipinski definition) is 3. The van der Waals surface area contributed by atoms with Gasteiger partial charge < -0.3 is 10.6 Å². The predicted octanol–water partition coefficient (Wildman–Crippen LogP) is 3.03.